The monoisotopic (exact) mass is 560 g/mol. The number of para-hydroxylation sites is 1. The number of nitrogens with zero attached hydrogens (tertiary/aromatic N) is 1. The lowest BCUT2D eigenvalue weighted by atomic mass is 9.96. The molecule has 3 heterocycles. The van der Waals surface area contributed by atoms with Crippen LogP contribution in [0.5, 0.6) is 5.75 Å². The largest absolute Gasteiger partial charge is 0.483 e. The first kappa shape index (κ1) is 27.9. The Hall–Kier alpha value is -4.60. The van der Waals surface area contributed by atoms with Gasteiger partial charge in [0.25, 0.3) is 5.91 Å². The Morgan fingerprint density at radius 2 is 1.85 bits per heavy atom. The van der Waals surface area contributed by atoms with Crippen molar-refractivity contribution in [3.05, 3.63) is 74.8 Å². The number of hydrogen-bond acceptors (Lipinski definition) is 8. The number of carbonyl (C=O) groups is 3. The van der Waals surface area contributed by atoms with Gasteiger partial charge < -0.3 is 28.5 Å². The summed E-state index contributed by atoms with van der Waals surface area (Å²) in [5.41, 5.74) is 4.34. The third-order valence-electron chi connectivity index (χ3n) is 7.69. The van der Waals surface area contributed by atoms with E-state index >= 15 is 0 Å². The van der Waals surface area contributed by atoms with E-state index in [9.17, 15) is 19.2 Å². The second kappa shape index (κ2) is 11.5. The lowest BCUT2D eigenvalue weighted by molar-refractivity contribution is -0.154. The maximum Gasteiger partial charge on any atom is 0.339 e. The van der Waals surface area contributed by atoms with Gasteiger partial charge in [-0.15, -0.1) is 0 Å². The fourth-order valence-corrected chi connectivity index (χ4v) is 5.52. The third kappa shape index (κ3) is 5.29. The summed E-state index contributed by atoms with van der Waals surface area (Å²) in [4.78, 5) is 55.5. The molecule has 0 unspecified atom stereocenters. The molecule has 1 aliphatic rings. The van der Waals surface area contributed by atoms with Crippen LogP contribution in [0.1, 0.15) is 41.3 Å². The van der Waals surface area contributed by atoms with Crippen molar-refractivity contribution in [1.29, 1.82) is 0 Å². The Balaban J connectivity index is 1.36. The average molecular weight is 561 g/mol. The molecular formula is C31H32N2O8. The second-order valence-corrected chi connectivity index (χ2v) is 10.0. The Morgan fingerprint density at radius 3 is 2.61 bits per heavy atom. The molecule has 1 amide bonds. The fourth-order valence-electron chi connectivity index (χ4n) is 5.52. The molecule has 0 bridgehead atoms. The molecule has 1 aliphatic heterocycles. The molecule has 0 fully saturated rings. The SMILES string of the molecule is CCOC(=O)CCc1c(C)c2ccc(OCC(=O)N3Cc4[nH]c5ccccc5c4C[C@@H]3C(=O)OC)c(C)c2oc1=O. The van der Waals surface area contributed by atoms with E-state index in [0.29, 0.717) is 34.3 Å². The van der Waals surface area contributed by atoms with Crippen LogP contribution in [0.15, 0.2) is 45.6 Å². The normalized spacial score (nSPS) is 14.6. The van der Waals surface area contributed by atoms with Crippen molar-refractivity contribution in [2.24, 2.45) is 0 Å². The van der Waals surface area contributed by atoms with Gasteiger partial charge in [-0.05, 0) is 56.5 Å². The number of aromatic amines is 1. The van der Waals surface area contributed by atoms with E-state index in [1.54, 1.807) is 26.0 Å². The molecule has 1 N–H and O–H groups in total. The minimum atomic E-state index is -0.783. The number of carbonyl (C=O) groups excluding carboxylic acids is 3. The molecule has 4 aromatic rings. The quantitative estimate of drug-likeness (QED) is 0.254. The van der Waals surface area contributed by atoms with Crippen LogP contribution >= 0.6 is 0 Å². The van der Waals surface area contributed by atoms with Crippen LogP contribution in [0.3, 0.4) is 0 Å². The average Bonchev–Trinajstić information content (AvgIpc) is 3.33. The van der Waals surface area contributed by atoms with Crippen LogP contribution in [-0.2, 0) is 43.2 Å². The molecule has 0 saturated carbocycles. The van der Waals surface area contributed by atoms with Crippen LogP contribution in [0.25, 0.3) is 21.9 Å². The topological polar surface area (TPSA) is 128 Å². The molecule has 10 nitrogen and oxygen atoms in total. The maximum atomic E-state index is 13.4. The number of methoxy groups -OCH3 is 1. The van der Waals surface area contributed by atoms with Crippen molar-refractivity contribution < 1.29 is 33.0 Å². The zero-order valence-electron chi connectivity index (χ0n) is 23.5. The molecule has 0 aliphatic carbocycles. The summed E-state index contributed by atoms with van der Waals surface area (Å²) in [5.74, 6) is -0.867. The van der Waals surface area contributed by atoms with Gasteiger partial charge >= 0.3 is 17.6 Å². The summed E-state index contributed by atoms with van der Waals surface area (Å²) in [7, 11) is 1.31. The molecule has 2 aromatic carbocycles. The molecular weight excluding hydrogens is 528 g/mol. The number of rotatable bonds is 8. The summed E-state index contributed by atoms with van der Waals surface area (Å²) in [6.07, 6.45) is 0.621. The van der Waals surface area contributed by atoms with Crippen molar-refractivity contribution in [2.75, 3.05) is 20.3 Å². The molecule has 0 spiro atoms. The van der Waals surface area contributed by atoms with Gasteiger partial charge in [-0.2, -0.15) is 0 Å². The number of nitrogens with one attached hydrogen (secondary N) is 1. The van der Waals surface area contributed by atoms with Crippen LogP contribution in [0.4, 0.5) is 0 Å². The summed E-state index contributed by atoms with van der Waals surface area (Å²) in [5, 5.41) is 1.74. The minimum Gasteiger partial charge on any atom is -0.483 e. The van der Waals surface area contributed by atoms with Gasteiger partial charge in [0.05, 0.1) is 20.3 Å². The molecule has 214 valence electrons. The Morgan fingerprint density at radius 1 is 1.07 bits per heavy atom. The predicted octanol–water partition coefficient (Wildman–Crippen LogP) is 3.89. The first-order valence-corrected chi connectivity index (χ1v) is 13.5. The van der Waals surface area contributed by atoms with Gasteiger partial charge in [0.15, 0.2) is 6.61 Å². The molecule has 5 rings (SSSR count). The van der Waals surface area contributed by atoms with Crippen molar-refractivity contribution in [3.63, 3.8) is 0 Å². The second-order valence-electron chi connectivity index (χ2n) is 10.0. The number of hydrogen-bond donors (Lipinski definition) is 1. The molecule has 41 heavy (non-hydrogen) atoms. The van der Waals surface area contributed by atoms with E-state index in [2.05, 4.69) is 4.98 Å². The van der Waals surface area contributed by atoms with Gasteiger partial charge in [-0.25, -0.2) is 9.59 Å². The Kier molecular flexibility index (Phi) is 7.83. The zero-order valence-corrected chi connectivity index (χ0v) is 23.5. The number of aryl methyl sites for hydroxylation is 2. The highest BCUT2D eigenvalue weighted by Crippen LogP contribution is 2.32. The first-order valence-electron chi connectivity index (χ1n) is 13.5. The van der Waals surface area contributed by atoms with Crippen LogP contribution < -0.4 is 10.4 Å². The van der Waals surface area contributed by atoms with Gasteiger partial charge in [-0.3, -0.25) is 9.59 Å². The molecule has 2 aromatic heterocycles. The molecule has 10 heteroatoms. The smallest absolute Gasteiger partial charge is 0.339 e. The summed E-state index contributed by atoms with van der Waals surface area (Å²) in [6.45, 7) is 5.46. The Bertz CT molecular complexity index is 1720. The van der Waals surface area contributed by atoms with Gasteiger partial charge in [-0.1, -0.05) is 18.2 Å². The van der Waals surface area contributed by atoms with E-state index in [0.717, 1.165) is 27.7 Å². The fraction of sp³-hybridized carbons (Fsp3) is 0.355. The van der Waals surface area contributed by atoms with Crippen LogP contribution in [-0.4, -0.2) is 54.1 Å². The van der Waals surface area contributed by atoms with Crippen LogP contribution in [0.2, 0.25) is 0 Å². The number of fused-ring (bicyclic) bond motifs is 4. The first-order chi connectivity index (χ1) is 19.7. The van der Waals surface area contributed by atoms with E-state index in [1.807, 2.05) is 31.2 Å². The van der Waals surface area contributed by atoms with Crippen molar-refractivity contribution in [2.45, 2.75) is 52.6 Å². The van der Waals surface area contributed by atoms with Crippen molar-refractivity contribution in [3.8, 4) is 5.75 Å². The zero-order chi connectivity index (χ0) is 29.3. The number of amides is 1. The predicted molar refractivity (Wildman–Crippen MR) is 151 cm³/mol. The van der Waals surface area contributed by atoms with Crippen LogP contribution in [0, 0.1) is 13.8 Å². The molecule has 1 atom stereocenters. The summed E-state index contributed by atoms with van der Waals surface area (Å²) < 4.78 is 21.5. The highest BCUT2D eigenvalue weighted by Gasteiger charge is 2.37. The summed E-state index contributed by atoms with van der Waals surface area (Å²) >= 11 is 0. The lowest BCUT2D eigenvalue weighted by Crippen LogP contribution is -2.50. The molecule has 0 radical (unpaired) electrons. The van der Waals surface area contributed by atoms with Gasteiger partial charge in [0.1, 0.15) is 17.4 Å². The van der Waals surface area contributed by atoms with E-state index in [-0.39, 0.29) is 44.5 Å². The third-order valence-corrected chi connectivity index (χ3v) is 7.69. The van der Waals surface area contributed by atoms with E-state index < -0.39 is 17.6 Å². The van der Waals surface area contributed by atoms with Crippen molar-refractivity contribution >= 4 is 39.7 Å². The number of esters is 2. The number of benzene rings is 2. The maximum absolute atomic E-state index is 13.4. The molecule has 0 saturated heterocycles. The van der Waals surface area contributed by atoms with E-state index in [1.165, 1.54) is 12.0 Å². The number of H-pyrrole nitrogens is 1. The van der Waals surface area contributed by atoms with Crippen molar-refractivity contribution in [1.82, 2.24) is 9.88 Å². The lowest BCUT2D eigenvalue weighted by Gasteiger charge is -2.33. The van der Waals surface area contributed by atoms with Gasteiger partial charge in [0.2, 0.25) is 0 Å². The number of aromatic nitrogens is 1. The van der Waals surface area contributed by atoms with E-state index in [4.69, 9.17) is 18.6 Å². The standard InChI is InChI=1S/C31H32N2O8/c1-5-39-28(35)13-11-20-17(2)19-10-12-26(18(3)29(19)41-30(20)36)40-16-27(34)33-15-24-22(14-25(33)31(37)38-4)21-8-6-7-9-23(21)32-24/h6-10,12,25,32H,5,11,13-16H2,1-4H3/t25-/m1/s1. The number of ether oxygens (including phenoxy) is 3. The summed E-state index contributed by atoms with van der Waals surface area (Å²) in [6, 6.07) is 10.5. The Labute approximate surface area is 236 Å². The highest BCUT2D eigenvalue weighted by molar-refractivity contribution is 5.90. The minimum absolute atomic E-state index is 0.0797. The highest BCUT2D eigenvalue weighted by atomic mass is 16.5. The van der Waals surface area contributed by atoms with Gasteiger partial charge in [0, 0.05) is 46.0 Å².